The monoisotopic (exact) mass is 477 g/mol. The van der Waals surface area contributed by atoms with Crippen molar-refractivity contribution in [3.63, 3.8) is 0 Å². The van der Waals surface area contributed by atoms with Gasteiger partial charge in [0.25, 0.3) is 0 Å². The molecule has 0 aromatic heterocycles. The van der Waals surface area contributed by atoms with Crippen molar-refractivity contribution in [3.8, 4) is 11.5 Å². The Morgan fingerprint density at radius 1 is 1.11 bits per heavy atom. The number of fused-ring (bicyclic) bond motifs is 3. The quantitative estimate of drug-likeness (QED) is 0.514. The molecule has 1 aromatic rings. The number of hydrogen-bond acceptors (Lipinski definition) is 5. The maximum Gasteiger partial charge on any atom is 0.126 e. The Morgan fingerprint density at radius 3 is 2.46 bits per heavy atom. The second-order valence-electron chi connectivity index (χ2n) is 9.75. The molecule has 1 aliphatic carbocycles. The smallest absolute Gasteiger partial charge is 0.126 e. The number of nitrogens with zero attached hydrogens (tertiary/aromatic N) is 3. The van der Waals surface area contributed by atoms with Crippen molar-refractivity contribution in [3.05, 3.63) is 71.2 Å². The van der Waals surface area contributed by atoms with Gasteiger partial charge >= 0.3 is 0 Å². The Labute approximate surface area is 212 Å². The van der Waals surface area contributed by atoms with Gasteiger partial charge in [-0.25, -0.2) is 0 Å². The number of likely N-dealkylation sites (tertiary alicyclic amines) is 1. The molecule has 0 radical (unpaired) electrons. The highest BCUT2D eigenvalue weighted by molar-refractivity contribution is 5.53. The molecule has 35 heavy (non-hydrogen) atoms. The van der Waals surface area contributed by atoms with Crippen molar-refractivity contribution >= 4 is 0 Å². The summed E-state index contributed by atoms with van der Waals surface area (Å²) in [6.07, 6.45) is 12.6. The van der Waals surface area contributed by atoms with Crippen LogP contribution in [-0.4, -0.2) is 60.6 Å². The molecule has 4 aliphatic rings. The summed E-state index contributed by atoms with van der Waals surface area (Å²) >= 11 is 0. The Bertz CT molecular complexity index is 1030. The second kappa shape index (κ2) is 10.5. The fraction of sp³-hybridized carbons (Fsp3) is 0.533. The number of allylic oxidation sites excluding steroid dienone is 4. The van der Waals surface area contributed by atoms with Crippen LogP contribution in [0.15, 0.2) is 60.1 Å². The van der Waals surface area contributed by atoms with E-state index in [1.807, 2.05) is 19.9 Å². The zero-order chi connectivity index (χ0) is 25.2. The molecule has 1 aromatic carbocycles. The molecule has 5 heteroatoms. The summed E-state index contributed by atoms with van der Waals surface area (Å²) < 4.78 is 11.4. The van der Waals surface area contributed by atoms with E-state index >= 15 is 0 Å². The number of rotatable bonds is 5. The van der Waals surface area contributed by atoms with Gasteiger partial charge in [0.2, 0.25) is 0 Å². The molecule has 2 fully saturated rings. The summed E-state index contributed by atoms with van der Waals surface area (Å²) in [5, 5.41) is 0. The predicted octanol–water partition coefficient (Wildman–Crippen LogP) is 6.06. The lowest BCUT2D eigenvalue weighted by Gasteiger charge is -2.45. The van der Waals surface area contributed by atoms with E-state index in [0.29, 0.717) is 0 Å². The molecular weight excluding hydrogens is 434 g/mol. The van der Waals surface area contributed by atoms with Crippen LogP contribution < -0.4 is 9.47 Å². The zero-order valence-corrected chi connectivity index (χ0v) is 22.6. The molecule has 5 rings (SSSR count). The molecule has 2 saturated heterocycles. The molecule has 1 spiro atoms. The lowest BCUT2D eigenvalue weighted by Crippen LogP contribution is -2.52. The van der Waals surface area contributed by atoms with Crippen molar-refractivity contribution in [2.45, 2.75) is 65.0 Å². The SMILES string of the molecule is C=C1N2Cc3cc(OC)cc(OC)c3C(C)C=C2C2(CCN(CC3=CC=CC3)CC2)N1CC.CC. The molecule has 3 aliphatic heterocycles. The molecule has 0 N–H and O–H groups in total. The molecule has 0 amide bonds. The number of likely N-dealkylation sites (N-methyl/N-ethyl adjacent to an activating group) is 1. The largest absolute Gasteiger partial charge is 0.497 e. The number of hydrogen-bond donors (Lipinski definition) is 0. The van der Waals surface area contributed by atoms with Crippen molar-refractivity contribution in [1.82, 2.24) is 14.7 Å². The number of piperidine rings is 1. The van der Waals surface area contributed by atoms with Crippen molar-refractivity contribution in [1.29, 1.82) is 0 Å². The van der Waals surface area contributed by atoms with Crippen molar-refractivity contribution in [2.24, 2.45) is 0 Å². The molecule has 5 nitrogen and oxygen atoms in total. The second-order valence-corrected chi connectivity index (χ2v) is 9.75. The van der Waals surface area contributed by atoms with Crippen LogP contribution in [0.3, 0.4) is 0 Å². The van der Waals surface area contributed by atoms with Crippen molar-refractivity contribution in [2.75, 3.05) is 40.4 Å². The van der Waals surface area contributed by atoms with E-state index in [-0.39, 0.29) is 11.5 Å². The summed E-state index contributed by atoms with van der Waals surface area (Å²) in [7, 11) is 3.48. The van der Waals surface area contributed by atoms with Gasteiger partial charge in [-0.05, 0) is 37.8 Å². The average molecular weight is 478 g/mol. The van der Waals surface area contributed by atoms with Gasteiger partial charge in [0, 0.05) is 56.0 Å². The summed E-state index contributed by atoms with van der Waals surface area (Å²) in [4.78, 5) is 7.66. The molecule has 0 bridgehead atoms. The van der Waals surface area contributed by atoms with Crippen molar-refractivity contribution < 1.29 is 9.47 Å². The highest BCUT2D eigenvalue weighted by Crippen LogP contribution is 2.51. The minimum atomic E-state index is 0.0261. The topological polar surface area (TPSA) is 28.2 Å². The number of benzene rings is 1. The van der Waals surface area contributed by atoms with Crippen LogP contribution in [-0.2, 0) is 6.54 Å². The van der Waals surface area contributed by atoms with Gasteiger partial charge in [-0.15, -0.1) is 0 Å². The van der Waals surface area contributed by atoms with Crippen LogP contribution in [0.2, 0.25) is 0 Å². The van der Waals surface area contributed by atoms with Crippen LogP contribution in [0.5, 0.6) is 11.5 Å². The van der Waals surface area contributed by atoms with Gasteiger partial charge in [0.1, 0.15) is 17.3 Å². The minimum absolute atomic E-state index is 0.0261. The summed E-state index contributed by atoms with van der Waals surface area (Å²) in [5.74, 6) is 3.14. The number of methoxy groups -OCH3 is 2. The maximum absolute atomic E-state index is 5.81. The first-order chi connectivity index (χ1) is 17.0. The standard InChI is InChI=1S/C28H37N3O2.C2H6/c1-6-31-21(3)30-19-23-16-24(32-4)17-25(33-5)27(23)20(2)15-26(30)28(31)11-13-29(14-12-28)18-22-9-7-8-10-22;1-2/h7-9,15-17,20H,3,6,10-14,18-19H2,1-2,4-5H3;1-2H3. The van der Waals surface area contributed by atoms with E-state index in [1.165, 1.54) is 22.4 Å². The Balaban J connectivity index is 0.00000141. The normalized spacial score (nSPS) is 22.7. The van der Waals surface area contributed by atoms with Crippen LogP contribution in [0, 0.1) is 0 Å². The highest BCUT2D eigenvalue weighted by atomic mass is 16.5. The van der Waals surface area contributed by atoms with E-state index in [0.717, 1.165) is 69.3 Å². The van der Waals surface area contributed by atoms with E-state index in [2.05, 4.69) is 65.5 Å². The fourth-order valence-corrected chi connectivity index (χ4v) is 6.41. The molecular formula is C30H43N3O2. The first kappa shape index (κ1) is 25.4. The minimum Gasteiger partial charge on any atom is -0.497 e. The lowest BCUT2D eigenvalue weighted by molar-refractivity contribution is 0.0978. The lowest BCUT2D eigenvalue weighted by atomic mass is 9.82. The van der Waals surface area contributed by atoms with Crippen LogP contribution >= 0.6 is 0 Å². The van der Waals surface area contributed by atoms with Gasteiger partial charge < -0.3 is 19.3 Å². The molecule has 190 valence electrons. The summed E-state index contributed by atoms with van der Waals surface area (Å²) in [5.41, 5.74) is 5.52. The maximum atomic E-state index is 5.81. The van der Waals surface area contributed by atoms with Gasteiger partial charge in [0.15, 0.2) is 0 Å². The van der Waals surface area contributed by atoms with E-state index < -0.39 is 0 Å². The first-order valence-corrected chi connectivity index (χ1v) is 13.3. The third kappa shape index (κ3) is 4.40. The van der Waals surface area contributed by atoms with Gasteiger partial charge in [-0.3, -0.25) is 4.90 Å². The Hall–Kier alpha value is -2.66. The Kier molecular flexibility index (Phi) is 7.65. The van der Waals surface area contributed by atoms with Crippen LogP contribution in [0.1, 0.15) is 64.0 Å². The van der Waals surface area contributed by atoms with Gasteiger partial charge in [-0.2, -0.15) is 0 Å². The molecule has 0 saturated carbocycles. The average Bonchev–Trinajstić information content (AvgIpc) is 3.42. The van der Waals surface area contributed by atoms with Gasteiger partial charge in [0.05, 0.1) is 19.8 Å². The molecule has 1 unspecified atom stereocenters. The highest BCUT2D eigenvalue weighted by Gasteiger charge is 2.52. The van der Waals surface area contributed by atoms with Crippen LogP contribution in [0.4, 0.5) is 0 Å². The van der Waals surface area contributed by atoms with Gasteiger partial charge in [-0.1, -0.05) is 57.2 Å². The fourth-order valence-electron chi connectivity index (χ4n) is 6.41. The molecule has 3 heterocycles. The van der Waals surface area contributed by atoms with E-state index in [4.69, 9.17) is 9.47 Å². The summed E-state index contributed by atoms with van der Waals surface area (Å²) in [6, 6.07) is 4.18. The zero-order valence-electron chi connectivity index (χ0n) is 22.6. The predicted molar refractivity (Wildman–Crippen MR) is 145 cm³/mol. The van der Waals surface area contributed by atoms with Crippen LogP contribution in [0.25, 0.3) is 0 Å². The Morgan fingerprint density at radius 2 is 1.86 bits per heavy atom. The van der Waals surface area contributed by atoms with E-state index in [9.17, 15) is 0 Å². The third-order valence-electron chi connectivity index (χ3n) is 8.03. The van der Waals surface area contributed by atoms with E-state index in [1.54, 1.807) is 14.2 Å². The first-order valence-electron chi connectivity index (χ1n) is 13.3. The summed E-state index contributed by atoms with van der Waals surface area (Å²) in [6.45, 7) is 18.3. The molecule has 1 atom stereocenters. The third-order valence-corrected chi connectivity index (χ3v) is 8.03. The number of ether oxygens (including phenoxy) is 2.